The number of carbonyl (C=O) groups is 2. The maximum Gasteiger partial charge on any atom is 0.253 e. The van der Waals surface area contributed by atoms with Gasteiger partial charge in [0.05, 0.1) is 22.4 Å². The van der Waals surface area contributed by atoms with E-state index in [4.69, 9.17) is 0 Å². The molecular weight excluding hydrogens is 346 g/mol. The molecule has 1 aromatic heterocycles. The van der Waals surface area contributed by atoms with Crippen molar-refractivity contribution in [3.8, 4) is 5.75 Å². The molecule has 2 atom stereocenters. The van der Waals surface area contributed by atoms with E-state index in [9.17, 15) is 19.8 Å². The summed E-state index contributed by atoms with van der Waals surface area (Å²) in [6, 6.07) is 3.55. The van der Waals surface area contributed by atoms with Crippen molar-refractivity contribution in [3.05, 3.63) is 29.5 Å². The summed E-state index contributed by atoms with van der Waals surface area (Å²) < 4.78 is 0. The van der Waals surface area contributed by atoms with Crippen LogP contribution in [0.5, 0.6) is 5.75 Å². The average Bonchev–Trinajstić information content (AvgIpc) is 2.93. The van der Waals surface area contributed by atoms with Crippen LogP contribution in [0.1, 0.15) is 37.9 Å². The molecule has 7 heteroatoms. The van der Waals surface area contributed by atoms with Crippen molar-refractivity contribution in [2.75, 3.05) is 10.2 Å². The standard InChI is InChI=1S/C20H21N3O4/c1-10-4-5-12-15(21-10)13-6-8-20(3)9-7-14(25)23(20)17(13)18(26)16(12)22-19(27)11(2)24/h4-6,8,11,24,26H,7,9H2,1-3H3,(H,22,27)/t11-,20-/m0/s1. The summed E-state index contributed by atoms with van der Waals surface area (Å²) in [6.45, 7) is 5.14. The van der Waals surface area contributed by atoms with Crippen molar-refractivity contribution in [1.29, 1.82) is 0 Å². The minimum Gasteiger partial charge on any atom is -0.504 e. The molecule has 1 aromatic carbocycles. The van der Waals surface area contributed by atoms with E-state index < -0.39 is 17.6 Å². The number of aromatic nitrogens is 1. The largest absolute Gasteiger partial charge is 0.504 e. The number of carbonyl (C=O) groups excluding carboxylic acids is 2. The fraction of sp³-hybridized carbons (Fsp3) is 0.350. The Labute approximate surface area is 156 Å². The van der Waals surface area contributed by atoms with E-state index >= 15 is 0 Å². The molecule has 1 saturated heterocycles. The number of nitrogens with one attached hydrogen (secondary N) is 1. The zero-order valence-electron chi connectivity index (χ0n) is 15.4. The summed E-state index contributed by atoms with van der Waals surface area (Å²) in [5.41, 5.74) is 1.99. The first-order chi connectivity index (χ1) is 12.7. The molecule has 140 valence electrons. The first-order valence-corrected chi connectivity index (χ1v) is 8.90. The second kappa shape index (κ2) is 5.79. The molecule has 7 nitrogen and oxygen atoms in total. The van der Waals surface area contributed by atoms with Crippen LogP contribution in [0.15, 0.2) is 18.2 Å². The van der Waals surface area contributed by atoms with Crippen molar-refractivity contribution in [2.45, 2.75) is 45.3 Å². The second-order valence-corrected chi connectivity index (χ2v) is 7.42. The third-order valence-electron chi connectivity index (χ3n) is 5.34. The van der Waals surface area contributed by atoms with Gasteiger partial charge in [0.15, 0.2) is 5.75 Å². The number of aliphatic hydroxyl groups excluding tert-OH is 1. The number of phenolic OH excluding ortho intramolecular Hbond substituents is 1. The SMILES string of the molecule is Cc1ccc2c(NC(=O)[C@H](C)O)c(O)c3c(c2n1)C=C[C@@]1(C)CCC(=O)N31. The zero-order chi connectivity index (χ0) is 19.5. The highest BCUT2D eigenvalue weighted by atomic mass is 16.3. The Morgan fingerprint density at radius 2 is 2.15 bits per heavy atom. The Morgan fingerprint density at radius 3 is 2.85 bits per heavy atom. The number of anilines is 2. The fourth-order valence-electron chi connectivity index (χ4n) is 3.86. The monoisotopic (exact) mass is 367 g/mol. The van der Waals surface area contributed by atoms with Crippen LogP contribution in [0.4, 0.5) is 11.4 Å². The van der Waals surface area contributed by atoms with Crippen LogP contribution in [0, 0.1) is 6.92 Å². The lowest BCUT2D eigenvalue weighted by Crippen LogP contribution is -2.44. The number of nitrogens with zero attached hydrogens (tertiary/aromatic N) is 2. The van der Waals surface area contributed by atoms with E-state index in [0.717, 1.165) is 5.69 Å². The van der Waals surface area contributed by atoms with Crippen molar-refractivity contribution in [1.82, 2.24) is 4.98 Å². The van der Waals surface area contributed by atoms with Crippen LogP contribution in [-0.2, 0) is 9.59 Å². The van der Waals surface area contributed by atoms with Crippen LogP contribution in [-0.4, -0.2) is 38.7 Å². The summed E-state index contributed by atoms with van der Waals surface area (Å²) in [5, 5.41) is 23.8. The van der Waals surface area contributed by atoms with Gasteiger partial charge >= 0.3 is 0 Å². The number of aromatic hydroxyl groups is 1. The van der Waals surface area contributed by atoms with E-state index in [1.807, 2.05) is 26.0 Å². The Balaban J connectivity index is 2.06. The lowest BCUT2D eigenvalue weighted by molar-refractivity contribution is -0.123. The van der Waals surface area contributed by atoms with Gasteiger partial charge in [-0.15, -0.1) is 0 Å². The number of amides is 2. The molecule has 3 N–H and O–H groups in total. The van der Waals surface area contributed by atoms with E-state index in [0.29, 0.717) is 35.0 Å². The maximum atomic E-state index is 12.6. The summed E-state index contributed by atoms with van der Waals surface area (Å²) in [7, 11) is 0. The second-order valence-electron chi connectivity index (χ2n) is 7.42. The Hall–Kier alpha value is -2.93. The predicted octanol–water partition coefficient (Wildman–Crippen LogP) is 2.48. The number of hydrogen-bond acceptors (Lipinski definition) is 5. The molecule has 2 aliphatic rings. The van der Waals surface area contributed by atoms with Gasteiger partial charge in [0, 0.05) is 23.1 Å². The number of benzene rings is 1. The quantitative estimate of drug-likeness (QED) is 0.708. The highest BCUT2D eigenvalue weighted by Gasteiger charge is 2.45. The number of phenols is 1. The van der Waals surface area contributed by atoms with Gasteiger partial charge in [-0.3, -0.25) is 19.5 Å². The van der Waals surface area contributed by atoms with Crippen LogP contribution in [0.25, 0.3) is 17.0 Å². The molecule has 2 amide bonds. The van der Waals surface area contributed by atoms with Gasteiger partial charge in [0.1, 0.15) is 6.10 Å². The molecule has 0 unspecified atom stereocenters. The van der Waals surface area contributed by atoms with E-state index in [1.54, 1.807) is 17.0 Å². The third kappa shape index (κ3) is 2.49. The van der Waals surface area contributed by atoms with Crippen LogP contribution in [0.3, 0.4) is 0 Å². The molecule has 0 saturated carbocycles. The molecule has 0 bridgehead atoms. The molecule has 0 radical (unpaired) electrons. The predicted molar refractivity (Wildman–Crippen MR) is 103 cm³/mol. The van der Waals surface area contributed by atoms with Crippen molar-refractivity contribution < 1.29 is 19.8 Å². The number of aryl methyl sites for hydroxylation is 1. The van der Waals surface area contributed by atoms with Gasteiger partial charge in [-0.05, 0) is 39.3 Å². The normalized spacial score (nSPS) is 21.9. The van der Waals surface area contributed by atoms with Gasteiger partial charge in [-0.25, -0.2) is 0 Å². The summed E-state index contributed by atoms with van der Waals surface area (Å²) in [6.07, 6.45) is 3.65. The molecule has 2 aromatic rings. The first-order valence-electron chi connectivity index (χ1n) is 8.90. The Bertz CT molecular complexity index is 1030. The molecule has 0 aliphatic carbocycles. The molecule has 1 fully saturated rings. The molecular formula is C20H21N3O4. The number of fused-ring (bicyclic) bond motifs is 5. The number of aliphatic hydroxyl groups is 1. The van der Waals surface area contributed by atoms with Gasteiger partial charge in [-0.1, -0.05) is 12.2 Å². The lowest BCUT2D eigenvalue weighted by Gasteiger charge is -2.38. The topological polar surface area (TPSA) is 103 Å². The summed E-state index contributed by atoms with van der Waals surface area (Å²) in [4.78, 5) is 30.9. The molecule has 0 spiro atoms. The van der Waals surface area contributed by atoms with Crippen LogP contribution < -0.4 is 10.2 Å². The maximum absolute atomic E-state index is 12.6. The highest BCUT2D eigenvalue weighted by molar-refractivity contribution is 6.15. The third-order valence-corrected chi connectivity index (χ3v) is 5.34. The van der Waals surface area contributed by atoms with Gasteiger partial charge in [0.25, 0.3) is 5.91 Å². The average molecular weight is 367 g/mol. The number of rotatable bonds is 2. The Morgan fingerprint density at radius 1 is 1.41 bits per heavy atom. The lowest BCUT2D eigenvalue weighted by atomic mass is 9.90. The summed E-state index contributed by atoms with van der Waals surface area (Å²) >= 11 is 0. The highest BCUT2D eigenvalue weighted by Crippen LogP contribution is 2.52. The summed E-state index contributed by atoms with van der Waals surface area (Å²) in [5.74, 6) is -0.921. The van der Waals surface area contributed by atoms with E-state index in [-0.39, 0.29) is 17.3 Å². The van der Waals surface area contributed by atoms with Gasteiger partial charge in [0.2, 0.25) is 5.91 Å². The number of hydrogen-bond donors (Lipinski definition) is 3. The first kappa shape index (κ1) is 17.5. The van der Waals surface area contributed by atoms with E-state index in [1.165, 1.54) is 6.92 Å². The van der Waals surface area contributed by atoms with Gasteiger partial charge < -0.3 is 15.5 Å². The van der Waals surface area contributed by atoms with Gasteiger partial charge in [-0.2, -0.15) is 0 Å². The molecule has 27 heavy (non-hydrogen) atoms. The molecule has 2 aliphatic heterocycles. The minimum atomic E-state index is -1.24. The minimum absolute atomic E-state index is 0.0850. The zero-order valence-corrected chi connectivity index (χ0v) is 15.4. The van der Waals surface area contributed by atoms with Crippen LogP contribution in [0.2, 0.25) is 0 Å². The van der Waals surface area contributed by atoms with E-state index in [2.05, 4.69) is 10.3 Å². The number of pyridine rings is 1. The smallest absolute Gasteiger partial charge is 0.253 e. The molecule has 4 rings (SSSR count). The van der Waals surface area contributed by atoms with Crippen molar-refractivity contribution in [3.63, 3.8) is 0 Å². The van der Waals surface area contributed by atoms with Crippen molar-refractivity contribution in [2.24, 2.45) is 0 Å². The van der Waals surface area contributed by atoms with Crippen molar-refractivity contribution >= 4 is 40.2 Å². The molecule has 3 heterocycles. The fourth-order valence-corrected chi connectivity index (χ4v) is 3.86. The van der Waals surface area contributed by atoms with Crippen LogP contribution >= 0.6 is 0 Å². The Kier molecular flexibility index (Phi) is 3.75.